The van der Waals surface area contributed by atoms with Crippen LogP contribution in [0.25, 0.3) is 11.2 Å². The first-order chi connectivity index (χ1) is 14.5. The number of imidazole rings is 2. The van der Waals surface area contributed by atoms with Gasteiger partial charge < -0.3 is 20.6 Å². The van der Waals surface area contributed by atoms with Gasteiger partial charge in [-0.2, -0.15) is 14.4 Å². The first-order valence-corrected chi connectivity index (χ1v) is 9.44. The zero-order valence-electron chi connectivity index (χ0n) is 15.5. The lowest BCUT2D eigenvalue weighted by molar-refractivity contribution is -0.392. The molecule has 0 radical (unpaired) electrons. The number of fused-ring (bicyclic) bond motifs is 1. The van der Waals surface area contributed by atoms with Crippen molar-refractivity contribution >= 4 is 63.7 Å². The van der Waals surface area contributed by atoms with Crippen LogP contribution in [0, 0.1) is 23.1 Å². The van der Waals surface area contributed by atoms with Crippen LogP contribution in [0.3, 0.4) is 0 Å². The molecule has 3 heterocycles. The Morgan fingerprint density at radius 3 is 2.77 bits per heavy atom. The number of nitrogens with one attached hydrogen (secondary N) is 1. The minimum atomic E-state index is -2.14. The second-order valence-corrected chi connectivity index (χ2v) is 8.37. The maximum atomic E-state index is 13.6. The summed E-state index contributed by atoms with van der Waals surface area (Å²) in [5, 5.41) is 13.3. The van der Waals surface area contributed by atoms with Gasteiger partial charge in [-0.15, -0.1) is 0 Å². The number of anilines is 1. The molecule has 3 aromatic rings. The number of carbonyl (C=O) groups excluding carboxylic acids is 1. The molecule has 31 heavy (non-hydrogen) atoms. The fourth-order valence-electron chi connectivity index (χ4n) is 2.67. The third-order valence-electron chi connectivity index (χ3n) is 4.03. The number of ether oxygens (including phenoxy) is 1. The summed E-state index contributed by atoms with van der Waals surface area (Å²) < 4.78 is 18.8. The van der Waals surface area contributed by atoms with Crippen LogP contribution in [0.15, 0.2) is 12.5 Å². The van der Waals surface area contributed by atoms with Crippen molar-refractivity contribution in [1.29, 1.82) is 0 Å². The van der Waals surface area contributed by atoms with E-state index >= 15 is 0 Å². The summed E-state index contributed by atoms with van der Waals surface area (Å²) in [7, 11) is 0. The van der Waals surface area contributed by atoms with Gasteiger partial charge in [-0.05, 0) is 4.92 Å². The van der Waals surface area contributed by atoms with Crippen LogP contribution >= 0.6 is 34.8 Å². The van der Waals surface area contributed by atoms with Crippen molar-refractivity contribution in [3.63, 3.8) is 0 Å². The molecule has 1 unspecified atom stereocenters. The van der Waals surface area contributed by atoms with E-state index in [2.05, 4.69) is 25.3 Å². The number of nitro groups is 1. The van der Waals surface area contributed by atoms with E-state index in [0.717, 1.165) is 17.1 Å². The smallest absolute Gasteiger partial charge is 0.409 e. The van der Waals surface area contributed by atoms with E-state index < -0.39 is 27.1 Å². The molecule has 1 atom stereocenters. The van der Waals surface area contributed by atoms with Gasteiger partial charge in [0, 0.05) is 6.92 Å². The normalized spacial score (nSPS) is 12.7. The van der Waals surface area contributed by atoms with Crippen molar-refractivity contribution in [3.8, 4) is 0 Å². The van der Waals surface area contributed by atoms with Gasteiger partial charge in [-0.3, -0.25) is 9.88 Å². The molecule has 0 saturated carbocycles. The van der Waals surface area contributed by atoms with Crippen LogP contribution in [-0.2, 0) is 11.3 Å². The molecule has 1 amide bonds. The van der Waals surface area contributed by atoms with Crippen molar-refractivity contribution < 1.29 is 18.8 Å². The average Bonchev–Trinajstić information content (AvgIpc) is 3.23. The van der Waals surface area contributed by atoms with Crippen LogP contribution in [-0.4, -0.2) is 50.5 Å². The summed E-state index contributed by atoms with van der Waals surface area (Å²) in [6, 6.07) is 0. The van der Waals surface area contributed by atoms with Crippen molar-refractivity contribution in [2.75, 3.05) is 12.3 Å². The number of rotatable bonds is 6. The van der Waals surface area contributed by atoms with Gasteiger partial charge in [-0.25, -0.2) is 19.3 Å². The molecular weight excluding hydrogens is 484 g/mol. The number of alkyl halides is 3. The molecule has 166 valence electrons. The Morgan fingerprint density at radius 1 is 1.42 bits per heavy atom. The Morgan fingerprint density at radius 2 is 2.13 bits per heavy atom. The lowest BCUT2D eigenvalue weighted by Crippen LogP contribution is -2.40. The molecule has 3 aromatic heterocycles. The first-order valence-electron chi connectivity index (χ1n) is 8.31. The van der Waals surface area contributed by atoms with Gasteiger partial charge in [0.15, 0.2) is 29.0 Å². The first kappa shape index (κ1) is 22.7. The minimum absolute atomic E-state index is 0.0266. The number of nitrogens with two attached hydrogens (primary N) is 1. The number of amides is 1. The molecule has 0 bridgehead atoms. The minimum Gasteiger partial charge on any atom is -0.445 e. The standard InChI is InChI=1S/C14H13Cl3FN9O4/c1-6-20-4-7(27(29)30)25(6)2-3-31-13(28)24-11(14(15,16)17)26-5-21-8-9(19)22-12(18)23-10(8)26/h4-5,11H,2-3H2,1H3,(H,24,28)(H2,19,22,23). The largest absolute Gasteiger partial charge is 0.445 e. The number of carbonyl (C=O) groups is 1. The number of hydrogen-bond acceptors (Lipinski definition) is 9. The van der Waals surface area contributed by atoms with Gasteiger partial charge in [0.05, 0.1) is 6.33 Å². The number of nitrogens with zero attached hydrogens (tertiary/aromatic N) is 7. The monoisotopic (exact) mass is 495 g/mol. The highest BCUT2D eigenvalue weighted by molar-refractivity contribution is 6.68. The maximum Gasteiger partial charge on any atom is 0.409 e. The summed E-state index contributed by atoms with van der Waals surface area (Å²) in [6.45, 7) is 1.25. The van der Waals surface area contributed by atoms with Gasteiger partial charge in [-0.1, -0.05) is 34.8 Å². The zero-order valence-corrected chi connectivity index (χ0v) is 17.8. The Hall–Kier alpha value is -2.97. The predicted molar refractivity (Wildman–Crippen MR) is 107 cm³/mol. The Bertz CT molecular complexity index is 1150. The Labute approximate surface area is 187 Å². The third kappa shape index (κ3) is 4.86. The molecule has 0 saturated heterocycles. The maximum absolute atomic E-state index is 13.6. The summed E-state index contributed by atoms with van der Waals surface area (Å²) in [4.78, 5) is 37.3. The summed E-state index contributed by atoms with van der Waals surface area (Å²) in [5.74, 6) is -0.145. The third-order valence-corrected chi connectivity index (χ3v) is 4.65. The van der Waals surface area contributed by atoms with E-state index in [0.29, 0.717) is 5.82 Å². The van der Waals surface area contributed by atoms with E-state index in [9.17, 15) is 19.3 Å². The van der Waals surface area contributed by atoms with Crippen LogP contribution < -0.4 is 11.1 Å². The SMILES string of the molecule is Cc1ncc([N+](=O)[O-])n1CCOC(=O)NC(n1cnc2c(N)nc(F)nc21)C(Cl)(Cl)Cl. The Kier molecular flexibility index (Phi) is 6.33. The fraction of sp³-hybridized carbons (Fsp3) is 0.357. The second-order valence-electron chi connectivity index (χ2n) is 6.00. The van der Waals surface area contributed by atoms with Gasteiger partial charge in [0.1, 0.15) is 19.3 Å². The quantitative estimate of drug-likeness (QED) is 0.225. The van der Waals surface area contributed by atoms with Crippen molar-refractivity contribution in [2.24, 2.45) is 0 Å². The summed E-state index contributed by atoms with van der Waals surface area (Å²) in [6.07, 6.45) is -1.38. The number of nitrogen functional groups attached to an aromatic ring is 1. The lowest BCUT2D eigenvalue weighted by atomic mass is 10.4. The van der Waals surface area contributed by atoms with Crippen LogP contribution in [0.2, 0.25) is 0 Å². The van der Waals surface area contributed by atoms with Crippen LogP contribution in [0.4, 0.5) is 20.8 Å². The van der Waals surface area contributed by atoms with Crippen molar-refractivity contribution in [2.45, 2.75) is 23.4 Å². The van der Waals surface area contributed by atoms with Crippen molar-refractivity contribution in [3.05, 3.63) is 34.5 Å². The fourth-order valence-corrected chi connectivity index (χ4v) is 3.15. The number of alkyl carbamates (subject to hydrolysis) is 1. The summed E-state index contributed by atoms with van der Waals surface area (Å²) in [5.41, 5.74) is 5.50. The highest BCUT2D eigenvalue weighted by atomic mass is 35.6. The number of aryl methyl sites for hydroxylation is 1. The molecule has 0 aliphatic heterocycles. The number of halogens is 4. The van der Waals surface area contributed by atoms with E-state index in [1.165, 1.54) is 4.57 Å². The second kappa shape index (κ2) is 8.64. The average molecular weight is 497 g/mol. The van der Waals surface area contributed by atoms with Gasteiger partial charge in [0.25, 0.3) is 0 Å². The topological polar surface area (TPSA) is 169 Å². The molecule has 13 nitrogen and oxygen atoms in total. The van der Waals surface area contributed by atoms with E-state index in [-0.39, 0.29) is 36.0 Å². The van der Waals surface area contributed by atoms with Crippen LogP contribution in [0.1, 0.15) is 12.0 Å². The van der Waals surface area contributed by atoms with Gasteiger partial charge in [0.2, 0.25) is 3.79 Å². The lowest BCUT2D eigenvalue weighted by Gasteiger charge is -2.26. The predicted octanol–water partition coefficient (Wildman–Crippen LogP) is 2.26. The molecule has 0 fully saturated rings. The zero-order chi connectivity index (χ0) is 22.9. The Balaban J connectivity index is 1.75. The number of aromatic nitrogens is 6. The summed E-state index contributed by atoms with van der Waals surface area (Å²) >= 11 is 17.9. The van der Waals surface area contributed by atoms with E-state index in [1.807, 2.05) is 0 Å². The molecule has 3 N–H and O–H groups in total. The molecule has 0 aliphatic rings. The molecule has 3 rings (SSSR count). The molecule has 0 spiro atoms. The van der Waals surface area contributed by atoms with E-state index in [4.69, 9.17) is 45.3 Å². The molecule has 0 aliphatic carbocycles. The molecule has 0 aromatic carbocycles. The van der Waals surface area contributed by atoms with Gasteiger partial charge >= 0.3 is 18.0 Å². The number of hydrogen-bond donors (Lipinski definition) is 2. The highest BCUT2D eigenvalue weighted by Crippen LogP contribution is 2.38. The van der Waals surface area contributed by atoms with Crippen molar-refractivity contribution in [1.82, 2.24) is 34.4 Å². The van der Waals surface area contributed by atoms with E-state index in [1.54, 1.807) is 6.92 Å². The molecule has 17 heteroatoms. The molecular formula is C14H13Cl3FN9O4. The highest BCUT2D eigenvalue weighted by Gasteiger charge is 2.37. The van der Waals surface area contributed by atoms with Crippen LogP contribution in [0.5, 0.6) is 0 Å².